The number of para-hydroxylation sites is 1. The molecule has 1 heterocycles. The average molecular weight is 434 g/mol. The van der Waals surface area contributed by atoms with Crippen LogP contribution in [0.15, 0.2) is 60.7 Å². The number of anilines is 1. The molecule has 4 rings (SSSR count). The molecule has 0 aromatic heterocycles. The molecule has 0 N–H and O–H groups in total. The van der Waals surface area contributed by atoms with Crippen LogP contribution in [-0.2, 0) is 19.4 Å². The first-order chi connectivity index (χ1) is 15.7. The summed E-state index contributed by atoms with van der Waals surface area (Å²) in [5, 5.41) is 0. The van der Waals surface area contributed by atoms with Crippen molar-refractivity contribution in [3.05, 3.63) is 88.7 Å². The molecule has 3 aromatic rings. The van der Waals surface area contributed by atoms with Crippen LogP contribution in [0.3, 0.4) is 0 Å². The van der Waals surface area contributed by atoms with Crippen LogP contribution in [0.2, 0.25) is 0 Å². The highest BCUT2D eigenvalue weighted by molar-refractivity contribution is 5.63. The number of hydrogen-bond donors (Lipinski definition) is 0. The van der Waals surface area contributed by atoms with Gasteiger partial charge in [-0.25, -0.2) is 4.39 Å². The van der Waals surface area contributed by atoms with Crippen molar-refractivity contribution in [1.82, 2.24) is 0 Å². The van der Waals surface area contributed by atoms with Crippen molar-refractivity contribution in [2.45, 2.75) is 46.1 Å². The minimum absolute atomic E-state index is 0.184. The summed E-state index contributed by atoms with van der Waals surface area (Å²) in [6.07, 6.45) is 3.92. The van der Waals surface area contributed by atoms with Crippen molar-refractivity contribution >= 4 is 5.69 Å². The molecule has 1 aliphatic rings. The Morgan fingerprint density at radius 1 is 0.938 bits per heavy atom. The van der Waals surface area contributed by atoms with Gasteiger partial charge >= 0.3 is 0 Å². The van der Waals surface area contributed by atoms with E-state index in [1.54, 1.807) is 0 Å². The molecular weight excluding hydrogens is 401 g/mol. The first-order valence-electron chi connectivity index (χ1n) is 11.6. The highest BCUT2D eigenvalue weighted by Gasteiger charge is 2.21. The first-order valence-corrected chi connectivity index (χ1v) is 11.6. The number of nitrogens with zero attached hydrogens (tertiary/aromatic N) is 1. The number of hydrogen-bond acceptors (Lipinski definition) is 3. The zero-order valence-corrected chi connectivity index (χ0v) is 19.1. The molecule has 0 spiro atoms. The molecule has 168 valence electrons. The molecule has 0 fully saturated rings. The first kappa shape index (κ1) is 22.2. The van der Waals surface area contributed by atoms with E-state index >= 15 is 0 Å². The summed E-state index contributed by atoms with van der Waals surface area (Å²) in [4.78, 5) is 2.43. The molecule has 0 saturated carbocycles. The van der Waals surface area contributed by atoms with Gasteiger partial charge in [0.1, 0.15) is 30.5 Å². The number of fused-ring (bicyclic) bond motifs is 1. The molecule has 0 aliphatic carbocycles. The van der Waals surface area contributed by atoms with Crippen LogP contribution in [0.5, 0.6) is 11.5 Å². The molecule has 32 heavy (non-hydrogen) atoms. The van der Waals surface area contributed by atoms with Gasteiger partial charge in [0.05, 0.1) is 6.54 Å². The third-order valence-corrected chi connectivity index (χ3v) is 6.13. The molecule has 0 atom stereocenters. The predicted octanol–water partition coefficient (Wildman–Crippen LogP) is 6.50. The molecule has 0 unspecified atom stereocenters. The summed E-state index contributed by atoms with van der Waals surface area (Å²) in [7, 11) is 0. The summed E-state index contributed by atoms with van der Waals surface area (Å²) in [6, 6.07) is 19.5. The van der Waals surface area contributed by atoms with Crippen molar-refractivity contribution < 1.29 is 13.9 Å². The SMILES string of the molecule is CCCc1ccc(OCc2ccc3c(c2C)N(CCOc2ccccc2)CCC3)cc1F. The van der Waals surface area contributed by atoms with E-state index in [-0.39, 0.29) is 5.82 Å². The average Bonchev–Trinajstić information content (AvgIpc) is 2.81. The quantitative estimate of drug-likeness (QED) is 0.385. The monoisotopic (exact) mass is 433 g/mol. The van der Waals surface area contributed by atoms with Crippen molar-refractivity contribution in [2.24, 2.45) is 0 Å². The van der Waals surface area contributed by atoms with Crippen LogP contribution >= 0.6 is 0 Å². The van der Waals surface area contributed by atoms with Crippen molar-refractivity contribution in [1.29, 1.82) is 0 Å². The molecule has 3 nitrogen and oxygen atoms in total. The second-order valence-electron chi connectivity index (χ2n) is 8.40. The molecule has 3 aromatic carbocycles. The third-order valence-electron chi connectivity index (χ3n) is 6.13. The lowest BCUT2D eigenvalue weighted by atomic mass is 9.95. The van der Waals surface area contributed by atoms with Gasteiger partial charge in [-0.2, -0.15) is 0 Å². The maximum absolute atomic E-state index is 14.3. The summed E-state index contributed by atoms with van der Waals surface area (Å²) >= 11 is 0. The molecule has 0 bridgehead atoms. The molecule has 0 amide bonds. The van der Waals surface area contributed by atoms with Gasteiger partial charge in [0, 0.05) is 18.3 Å². The van der Waals surface area contributed by atoms with Gasteiger partial charge in [0.15, 0.2) is 0 Å². The lowest BCUT2D eigenvalue weighted by Gasteiger charge is -2.33. The van der Waals surface area contributed by atoms with Crippen LogP contribution in [-0.4, -0.2) is 19.7 Å². The Kier molecular flexibility index (Phi) is 7.31. The minimum Gasteiger partial charge on any atom is -0.492 e. The lowest BCUT2D eigenvalue weighted by Crippen LogP contribution is -2.34. The van der Waals surface area contributed by atoms with Crippen LogP contribution in [0.1, 0.15) is 42.0 Å². The van der Waals surface area contributed by atoms with E-state index in [9.17, 15) is 4.39 Å². The summed E-state index contributed by atoms with van der Waals surface area (Å²) in [6.45, 7) is 7.17. The Morgan fingerprint density at radius 2 is 1.75 bits per heavy atom. The Morgan fingerprint density at radius 3 is 2.53 bits per heavy atom. The van der Waals surface area contributed by atoms with Crippen molar-refractivity contribution in [3.63, 3.8) is 0 Å². The standard InChI is InChI=1S/C28H32FNO2/c1-3-8-22-14-15-26(19-27(22)29)32-20-24-13-12-23-9-7-16-30(28(23)21(24)2)17-18-31-25-10-5-4-6-11-25/h4-6,10-15,19H,3,7-9,16-18,20H2,1-2H3. The number of halogens is 1. The summed E-state index contributed by atoms with van der Waals surface area (Å²) in [5.41, 5.74) is 5.81. The van der Waals surface area contributed by atoms with E-state index in [0.29, 0.717) is 19.0 Å². The predicted molar refractivity (Wildman–Crippen MR) is 128 cm³/mol. The van der Waals surface area contributed by atoms with Gasteiger partial charge < -0.3 is 14.4 Å². The van der Waals surface area contributed by atoms with Crippen LogP contribution in [0.4, 0.5) is 10.1 Å². The van der Waals surface area contributed by atoms with E-state index in [1.807, 2.05) is 42.5 Å². The summed E-state index contributed by atoms with van der Waals surface area (Å²) in [5.74, 6) is 1.30. The second kappa shape index (κ2) is 10.5. The van der Waals surface area contributed by atoms with E-state index < -0.39 is 0 Å². The fourth-order valence-corrected chi connectivity index (χ4v) is 4.43. The van der Waals surface area contributed by atoms with Gasteiger partial charge in [-0.1, -0.05) is 49.7 Å². The number of benzene rings is 3. The van der Waals surface area contributed by atoms with Crippen LogP contribution in [0.25, 0.3) is 0 Å². The smallest absolute Gasteiger partial charge is 0.130 e. The van der Waals surface area contributed by atoms with Crippen molar-refractivity contribution in [2.75, 3.05) is 24.6 Å². The second-order valence-corrected chi connectivity index (χ2v) is 8.40. The molecule has 1 aliphatic heterocycles. The van der Waals surface area contributed by atoms with Gasteiger partial charge in [0.25, 0.3) is 0 Å². The number of rotatable bonds is 9. The normalized spacial score (nSPS) is 13.0. The number of ether oxygens (including phenoxy) is 2. The topological polar surface area (TPSA) is 21.7 Å². The fraction of sp³-hybridized carbons (Fsp3) is 0.357. The fourth-order valence-electron chi connectivity index (χ4n) is 4.43. The van der Waals surface area contributed by atoms with Gasteiger partial charge in [0.2, 0.25) is 0 Å². The molecule has 0 radical (unpaired) electrons. The highest BCUT2D eigenvalue weighted by Crippen LogP contribution is 2.33. The zero-order chi connectivity index (χ0) is 22.3. The Bertz CT molecular complexity index is 1040. The largest absolute Gasteiger partial charge is 0.492 e. The third kappa shape index (κ3) is 5.24. The van der Waals surface area contributed by atoms with E-state index in [0.717, 1.165) is 55.6 Å². The Labute approximate surface area is 190 Å². The summed E-state index contributed by atoms with van der Waals surface area (Å²) < 4.78 is 26.2. The molecular formula is C28H32FNO2. The van der Waals surface area contributed by atoms with Crippen molar-refractivity contribution in [3.8, 4) is 11.5 Å². The maximum atomic E-state index is 14.3. The van der Waals surface area contributed by atoms with Crippen LogP contribution < -0.4 is 14.4 Å². The zero-order valence-electron chi connectivity index (χ0n) is 19.1. The molecule has 4 heteroatoms. The van der Waals surface area contributed by atoms with Gasteiger partial charge in [-0.15, -0.1) is 0 Å². The minimum atomic E-state index is -0.184. The number of aryl methyl sites for hydroxylation is 2. The van der Waals surface area contributed by atoms with E-state index in [1.165, 1.54) is 22.9 Å². The van der Waals surface area contributed by atoms with Crippen LogP contribution in [0, 0.1) is 12.7 Å². The Hall–Kier alpha value is -3.01. The molecule has 0 saturated heterocycles. The van der Waals surface area contributed by atoms with E-state index in [4.69, 9.17) is 9.47 Å². The highest BCUT2D eigenvalue weighted by atomic mass is 19.1. The lowest BCUT2D eigenvalue weighted by molar-refractivity contribution is 0.303. The maximum Gasteiger partial charge on any atom is 0.130 e. The van der Waals surface area contributed by atoms with E-state index in [2.05, 4.69) is 30.9 Å². The van der Waals surface area contributed by atoms with Gasteiger partial charge in [-0.05, 0) is 66.6 Å². The van der Waals surface area contributed by atoms with Gasteiger partial charge in [-0.3, -0.25) is 0 Å². The Balaban J connectivity index is 1.43.